The minimum absolute atomic E-state index is 0.109. The van der Waals surface area contributed by atoms with E-state index in [-0.39, 0.29) is 18.0 Å². The molecule has 6 nitrogen and oxygen atoms in total. The number of hydrogen-bond acceptors (Lipinski definition) is 4. The maximum atomic E-state index is 12.0. The Morgan fingerprint density at radius 1 is 1.19 bits per heavy atom. The van der Waals surface area contributed by atoms with Crippen molar-refractivity contribution in [2.75, 3.05) is 13.2 Å². The Kier molecular flexibility index (Phi) is 6.32. The fourth-order valence-electron chi connectivity index (χ4n) is 1.87. The summed E-state index contributed by atoms with van der Waals surface area (Å²) in [5.74, 6) is -0.466. The highest BCUT2D eigenvalue weighted by Gasteiger charge is 2.27. The molecule has 0 aliphatic carbocycles. The highest BCUT2D eigenvalue weighted by atomic mass is 32.2. The molecule has 0 heterocycles. The van der Waals surface area contributed by atoms with Crippen LogP contribution in [0.2, 0.25) is 0 Å². The van der Waals surface area contributed by atoms with Gasteiger partial charge in [-0.3, -0.25) is 4.79 Å². The molecule has 0 saturated carbocycles. The molecule has 1 aromatic carbocycles. The Bertz CT molecular complexity index is 545. The van der Waals surface area contributed by atoms with Crippen LogP contribution in [0.1, 0.15) is 26.7 Å². The van der Waals surface area contributed by atoms with Crippen LogP contribution in [0.25, 0.3) is 0 Å². The summed E-state index contributed by atoms with van der Waals surface area (Å²) < 4.78 is 26.2. The highest BCUT2D eigenvalue weighted by molar-refractivity contribution is 7.89. The zero-order chi connectivity index (χ0) is 15.9. The van der Waals surface area contributed by atoms with Crippen molar-refractivity contribution in [1.29, 1.82) is 0 Å². The number of amides is 1. The minimum Gasteiger partial charge on any atom is -0.394 e. The molecule has 0 fully saturated rings. The zero-order valence-electron chi connectivity index (χ0n) is 12.3. The first-order valence-electron chi connectivity index (χ1n) is 6.85. The molecule has 118 valence electrons. The van der Waals surface area contributed by atoms with Crippen molar-refractivity contribution in [3.63, 3.8) is 0 Å². The van der Waals surface area contributed by atoms with Crippen molar-refractivity contribution < 1.29 is 18.3 Å². The van der Waals surface area contributed by atoms with Crippen LogP contribution >= 0.6 is 0 Å². The van der Waals surface area contributed by atoms with Gasteiger partial charge in [0.2, 0.25) is 15.9 Å². The van der Waals surface area contributed by atoms with E-state index in [2.05, 4.69) is 10.0 Å². The van der Waals surface area contributed by atoms with Crippen LogP contribution in [0, 0.1) is 0 Å². The smallest absolute Gasteiger partial charge is 0.241 e. The predicted octanol–water partition coefficient (Wildman–Crippen LogP) is 0.632. The Hall–Kier alpha value is -1.44. The van der Waals surface area contributed by atoms with Crippen molar-refractivity contribution in [2.24, 2.45) is 0 Å². The Labute approximate surface area is 125 Å². The number of sulfonamides is 1. The van der Waals surface area contributed by atoms with Gasteiger partial charge in [0.1, 0.15) is 0 Å². The summed E-state index contributed by atoms with van der Waals surface area (Å²) in [6.45, 7) is 3.17. The Morgan fingerprint density at radius 3 is 2.24 bits per heavy atom. The fourth-order valence-corrected chi connectivity index (χ4v) is 2.88. The molecule has 0 aromatic heterocycles. The van der Waals surface area contributed by atoms with Gasteiger partial charge in [-0.25, -0.2) is 13.1 Å². The first-order chi connectivity index (χ1) is 9.89. The minimum atomic E-state index is -3.70. The summed E-state index contributed by atoms with van der Waals surface area (Å²) >= 11 is 0. The van der Waals surface area contributed by atoms with E-state index < -0.39 is 21.5 Å². The lowest BCUT2D eigenvalue weighted by molar-refractivity contribution is -0.122. The second-order valence-electron chi connectivity index (χ2n) is 4.83. The molecule has 0 unspecified atom stereocenters. The maximum Gasteiger partial charge on any atom is 0.241 e. The third-order valence-corrected chi connectivity index (χ3v) is 4.95. The second kappa shape index (κ2) is 7.53. The van der Waals surface area contributed by atoms with Crippen molar-refractivity contribution in [3.05, 3.63) is 30.3 Å². The maximum absolute atomic E-state index is 12.0. The number of benzene rings is 1. The van der Waals surface area contributed by atoms with Crippen molar-refractivity contribution >= 4 is 15.9 Å². The van der Waals surface area contributed by atoms with E-state index in [1.54, 1.807) is 18.2 Å². The summed E-state index contributed by atoms with van der Waals surface area (Å²) in [5, 5.41) is 12.1. The summed E-state index contributed by atoms with van der Waals surface area (Å²) in [7, 11) is -3.70. The monoisotopic (exact) mass is 314 g/mol. The van der Waals surface area contributed by atoms with Crippen LogP contribution in [0.5, 0.6) is 0 Å². The number of rotatable bonds is 8. The average molecular weight is 314 g/mol. The second-order valence-corrected chi connectivity index (χ2v) is 6.60. The zero-order valence-corrected chi connectivity index (χ0v) is 13.1. The Balaban J connectivity index is 2.65. The van der Waals surface area contributed by atoms with Crippen LogP contribution in [-0.4, -0.2) is 38.1 Å². The van der Waals surface area contributed by atoms with Crippen LogP contribution in [0.15, 0.2) is 35.2 Å². The highest BCUT2D eigenvalue weighted by Crippen LogP contribution is 2.13. The standard InChI is InChI=1S/C14H22N2O4S/c1-3-14(4-2,11-17)16-13(18)10-15-21(19,20)12-8-6-5-7-9-12/h5-9,15,17H,3-4,10-11H2,1-2H3,(H,16,18). The van der Waals surface area contributed by atoms with E-state index in [0.29, 0.717) is 12.8 Å². The average Bonchev–Trinajstić information content (AvgIpc) is 2.52. The van der Waals surface area contributed by atoms with Crippen molar-refractivity contribution in [3.8, 4) is 0 Å². The number of hydrogen-bond donors (Lipinski definition) is 3. The predicted molar refractivity (Wildman–Crippen MR) is 80.2 cm³/mol. The largest absolute Gasteiger partial charge is 0.394 e. The van der Waals surface area contributed by atoms with Crippen LogP contribution < -0.4 is 10.0 Å². The van der Waals surface area contributed by atoms with Gasteiger partial charge in [-0.1, -0.05) is 32.0 Å². The first-order valence-corrected chi connectivity index (χ1v) is 8.34. The Morgan fingerprint density at radius 2 is 1.76 bits per heavy atom. The quantitative estimate of drug-likeness (QED) is 0.656. The molecule has 0 bridgehead atoms. The number of carbonyl (C=O) groups is 1. The summed E-state index contributed by atoms with van der Waals surface area (Å²) in [5.41, 5.74) is -0.699. The third kappa shape index (κ3) is 4.80. The SMILES string of the molecule is CCC(CC)(CO)NC(=O)CNS(=O)(=O)c1ccccc1. The molecule has 0 saturated heterocycles. The molecule has 0 radical (unpaired) electrons. The van der Waals surface area contributed by atoms with Crippen LogP contribution in [-0.2, 0) is 14.8 Å². The fraction of sp³-hybridized carbons (Fsp3) is 0.500. The van der Waals surface area contributed by atoms with Crippen LogP contribution in [0.4, 0.5) is 0 Å². The lowest BCUT2D eigenvalue weighted by Crippen LogP contribution is -2.53. The van der Waals surface area contributed by atoms with Gasteiger partial charge in [-0.2, -0.15) is 0 Å². The molecular formula is C14H22N2O4S. The normalized spacial score (nSPS) is 12.1. The van der Waals surface area contributed by atoms with E-state index in [0.717, 1.165) is 0 Å². The number of aliphatic hydroxyl groups is 1. The lowest BCUT2D eigenvalue weighted by Gasteiger charge is -2.30. The number of aliphatic hydroxyl groups excluding tert-OH is 1. The van der Waals surface area contributed by atoms with Gasteiger partial charge >= 0.3 is 0 Å². The van der Waals surface area contributed by atoms with E-state index in [4.69, 9.17) is 0 Å². The van der Waals surface area contributed by atoms with E-state index in [1.807, 2.05) is 13.8 Å². The van der Waals surface area contributed by atoms with Crippen molar-refractivity contribution in [1.82, 2.24) is 10.0 Å². The molecule has 0 atom stereocenters. The van der Waals surface area contributed by atoms with Gasteiger partial charge in [-0.05, 0) is 25.0 Å². The topological polar surface area (TPSA) is 95.5 Å². The van der Waals surface area contributed by atoms with E-state index in [9.17, 15) is 18.3 Å². The molecular weight excluding hydrogens is 292 g/mol. The molecule has 1 rings (SSSR count). The van der Waals surface area contributed by atoms with Gasteiger partial charge in [-0.15, -0.1) is 0 Å². The van der Waals surface area contributed by atoms with Gasteiger partial charge in [0, 0.05) is 0 Å². The van der Waals surface area contributed by atoms with Gasteiger partial charge in [0.15, 0.2) is 0 Å². The molecule has 1 amide bonds. The molecule has 0 aliphatic heterocycles. The third-order valence-electron chi connectivity index (χ3n) is 3.54. The summed E-state index contributed by atoms with van der Waals surface area (Å²) in [4.78, 5) is 12.0. The molecule has 0 spiro atoms. The van der Waals surface area contributed by atoms with Gasteiger partial charge in [0.05, 0.1) is 23.6 Å². The summed E-state index contributed by atoms with van der Waals surface area (Å²) in [6, 6.07) is 7.84. The lowest BCUT2D eigenvalue weighted by atomic mass is 9.94. The summed E-state index contributed by atoms with van der Waals surface area (Å²) in [6.07, 6.45) is 1.13. The van der Waals surface area contributed by atoms with Gasteiger partial charge < -0.3 is 10.4 Å². The first kappa shape index (κ1) is 17.6. The van der Waals surface area contributed by atoms with Crippen LogP contribution in [0.3, 0.4) is 0 Å². The van der Waals surface area contributed by atoms with Crippen molar-refractivity contribution in [2.45, 2.75) is 37.1 Å². The molecule has 21 heavy (non-hydrogen) atoms. The molecule has 7 heteroatoms. The molecule has 3 N–H and O–H groups in total. The van der Waals surface area contributed by atoms with E-state index >= 15 is 0 Å². The van der Waals surface area contributed by atoms with Gasteiger partial charge in [0.25, 0.3) is 0 Å². The molecule has 1 aromatic rings. The molecule has 0 aliphatic rings. The number of carbonyl (C=O) groups excluding carboxylic acids is 1. The van der Waals surface area contributed by atoms with E-state index in [1.165, 1.54) is 12.1 Å². The number of nitrogens with one attached hydrogen (secondary N) is 2.